The monoisotopic (exact) mass is 262 g/mol. The Morgan fingerprint density at radius 1 is 1.28 bits per heavy atom. The van der Waals surface area contributed by atoms with Gasteiger partial charge < -0.3 is 25.0 Å². The van der Waals surface area contributed by atoms with Gasteiger partial charge in [-0.05, 0) is 6.92 Å². The summed E-state index contributed by atoms with van der Waals surface area (Å²) in [6, 6.07) is -0.588. The highest BCUT2D eigenvalue weighted by Crippen LogP contribution is 2.07. The van der Waals surface area contributed by atoms with Crippen molar-refractivity contribution in [2.75, 3.05) is 46.1 Å². The molecule has 1 amide bonds. The lowest BCUT2D eigenvalue weighted by molar-refractivity contribution is -0.138. The lowest BCUT2D eigenvalue weighted by Gasteiger charge is -2.35. The average Bonchev–Trinajstić information content (AvgIpc) is 2.45. The maximum Gasteiger partial charge on any atom is 0.239 e. The number of carbonyl (C=O) groups excluding carboxylic acids is 1. The Bertz CT molecular complexity index is 256. The van der Waals surface area contributed by atoms with E-state index in [1.165, 1.54) is 0 Å². The predicted octanol–water partition coefficient (Wildman–Crippen LogP) is -2.46. The van der Waals surface area contributed by atoms with Crippen molar-refractivity contribution in [3.05, 3.63) is 0 Å². The summed E-state index contributed by atoms with van der Waals surface area (Å²) in [6.07, 6.45) is 0. The summed E-state index contributed by atoms with van der Waals surface area (Å²) in [6.45, 7) is 2.42. The van der Waals surface area contributed by atoms with Crippen LogP contribution in [0.25, 0.3) is 0 Å². The molecule has 1 heterocycles. The molecule has 1 unspecified atom stereocenters. The summed E-state index contributed by atoms with van der Waals surface area (Å²) < 4.78 is 5.16. The quantitative estimate of drug-likeness (QED) is 0.423. The molecule has 1 atom stereocenters. The fraction of sp³-hybridized carbons (Fsp3) is 0.909. The minimum Gasteiger partial charge on any atom is -0.394 e. The Balaban J connectivity index is 2.57. The van der Waals surface area contributed by atoms with E-state index in [1.54, 1.807) is 11.8 Å². The van der Waals surface area contributed by atoms with Crippen LogP contribution in [0.2, 0.25) is 0 Å². The number of aliphatic hydroxyl groups excluding tert-OH is 3. The summed E-state index contributed by atoms with van der Waals surface area (Å²) in [5.74, 6) is -0.127. The molecule has 0 aliphatic carbocycles. The highest BCUT2D eigenvalue weighted by molar-refractivity contribution is 5.81. The molecule has 0 bridgehead atoms. The van der Waals surface area contributed by atoms with Crippen LogP contribution in [-0.2, 0) is 9.53 Å². The number of nitrogens with zero attached hydrogens (tertiary/aromatic N) is 1. The van der Waals surface area contributed by atoms with E-state index in [4.69, 9.17) is 4.74 Å². The number of morpholine rings is 1. The smallest absolute Gasteiger partial charge is 0.239 e. The third kappa shape index (κ3) is 3.63. The first-order chi connectivity index (χ1) is 8.58. The molecule has 0 radical (unpaired) electrons. The average molecular weight is 262 g/mol. The van der Waals surface area contributed by atoms with E-state index in [0.717, 1.165) is 0 Å². The molecule has 7 heteroatoms. The highest BCUT2D eigenvalue weighted by Gasteiger charge is 2.33. The summed E-state index contributed by atoms with van der Waals surface area (Å²) >= 11 is 0. The van der Waals surface area contributed by atoms with Gasteiger partial charge in [0.25, 0.3) is 0 Å². The molecule has 0 saturated carbocycles. The first-order valence-corrected chi connectivity index (χ1v) is 6.05. The van der Waals surface area contributed by atoms with E-state index >= 15 is 0 Å². The van der Waals surface area contributed by atoms with E-state index in [0.29, 0.717) is 26.3 Å². The van der Waals surface area contributed by atoms with Crippen molar-refractivity contribution in [2.24, 2.45) is 0 Å². The molecular weight excluding hydrogens is 240 g/mol. The van der Waals surface area contributed by atoms with Crippen LogP contribution in [0.3, 0.4) is 0 Å². The number of carbonyl (C=O) groups is 1. The molecule has 7 nitrogen and oxygen atoms in total. The van der Waals surface area contributed by atoms with Crippen LogP contribution in [-0.4, -0.2) is 83.8 Å². The third-order valence-corrected chi connectivity index (χ3v) is 3.12. The summed E-state index contributed by atoms with van der Waals surface area (Å²) in [4.78, 5) is 13.8. The van der Waals surface area contributed by atoms with Crippen molar-refractivity contribution in [2.45, 2.75) is 18.5 Å². The molecule has 0 aromatic rings. The van der Waals surface area contributed by atoms with Crippen LogP contribution < -0.4 is 5.32 Å². The summed E-state index contributed by atoms with van der Waals surface area (Å²) in [5, 5.41) is 30.4. The van der Waals surface area contributed by atoms with Crippen LogP contribution in [0.4, 0.5) is 0 Å². The molecule has 1 fully saturated rings. The number of rotatable bonds is 6. The van der Waals surface area contributed by atoms with Gasteiger partial charge in [-0.1, -0.05) is 0 Å². The first-order valence-electron chi connectivity index (χ1n) is 6.05. The number of hydrogen-bond acceptors (Lipinski definition) is 6. The molecular formula is C11H22N2O5. The molecule has 1 aliphatic heterocycles. The highest BCUT2D eigenvalue weighted by atomic mass is 16.5. The van der Waals surface area contributed by atoms with Crippen LogP contribution in [0, 0.1) is 0 Å². The standard InChI is InChI=1S/C11H22N2O5/c1-9(12-11(6-14,7-15)8-16)10(17)13-2-4-18-5-3-13/h9,12,14-16H,2-8H2,1H3. The summed E-state index contributed by atoms with van der Waals surface area (Å²) in [7, 11) is 0. The van der Waals surface area contributed by atoms with Gasteiger partial charge in [0.05, 0.1) is 44.6 Å². The van der Waals surface area contributed by atoms with Gasteiger partial charge in [0.2, 0.25) is 5.91 Å². The van der Waals surface area contributed by atoms with Crippen molar-refractivity contribution >= 4 is 5.91 Å². The van der Waals surface area contributed by atoms with Gasteiger partial charge in [0, 0.05) is 13.1 Å². The van der Waals surface area contributed by atoms with E-state index in [-0.39, 0.29) is 5.91 Å². The third-order valence-electron chi connectivity index (χ3n) is 3.12. The van der Waals surface area contributed by atoms with Gasteiger partial charge >= 0.3 is 0 Å². The molecule has 1 rings (SSSR count). The molecule has 0 aromatic heterocycles. The normalized spacial score (nSPS) is 18.8. The molecule has 0 aromatic carbocycles. The Kier molecular flexibility index (Phi) is 5.97. The van der Waals surface area contributed by atoms with Crippen LogP contribution in [0.15, 0.2) is 0 Å². The van der Waals surface area contributed by atoms with Crippen LogP contribution in [0.5, 0.6) is 0 Å². The zero-order chi connectivity index (χ0) is 13.6. The van der Waals surface area contributed by atoms with Gasteiger partial charge in [-0.15, -0.1) is 0 Å². The Hall–Kier alpha value is -0.730. The molecule has 4 N–H and O–H groups in total. The molecule has 106 valence electrons. The van der Waals surface area contributed by atoms with Gasteiger partial charge in [0.15, 0.2) is 0 Å². The minimum atomic E-state index is -1.23. The maximum absolute atomic E-state index is 12.1. The Morgan fingerprint density at radius 2 is 1.78 bits per heavy atom. The van der Waals surface area contributed by atoms with E-state index in [1.807, 2.05) is 0 Å². The van der Waals surface area contributed by atoms with Crippen molar-refractivity contribution < 1.29 is 24.9 Å². The second-order valence-electron chi connectivity index (χ2n) is 4.56. The van der Waals surface area contributed by atoms with Gasteiger partial charge in [-0.3, -0.25) is 10.1 Å². The van der Waals surface area contributed by atoms with Crippen LogP contribution >= 0.6 is 0 Å². The van der Waals surface area contributed by atoms with Gasteiger partial charge in [-0.25, -0.2) is 0 Å². The lowest BCUT2D eigenvalue weighted by Crippen LogP contribution is -2.61. The first kappa shape index (κ1) is 15.3. The topological polar surface area (TPSA) is 102 Å². The number of ether oxygens (including phenoxy) is 1. The summed E-state index contributed by atoms with van der Waals surface area (Å²) in [5.41, 5.74) is -1.23. The van der Waals surface area contributed by atoms with Crippen molar-refractivity contribution in [1.29, 1.82) is 0 Å². The number of nitrogens with one attached hydrogen (secondary N) is 1. The Morgan fingerprint density at radius 3 is 2.22 bits per heavy atom. The maximum atomic E-state index is 12.1. The van der Waals surface area contributed by atoms with Crippen molar-refractivity contribution in [3.8, 4) is 0 Å². The second kappa shape index (κ2) is 7.01. The fourth-order valence-electron chi connectivity index (χ4n) is 1.87. The molecule has 18 heavy (non-hydrogen) atoms. The molecule has 1 saturated heterocycles. The van der Waals surface area contributed by atoms with Gasteiger partial charge in [-0.2, -0.15) is 0 Å². The molecule has 1 aliphatic rings. The zero-order valence-electron chi connectivity index (χ0n) is 10.6. The van der Waals surface area contributed by atoms with E-state index < -0.39 is 31.4 Å². The van der Waals surface area contributed by atoms with E-state index in [2.05, 4.69) is 5.32 Å². The number of aliphatic hydroxyl groups is 3. The van der Waals surface area contributed by atoms with E-state index in [9.17, 15) is 20.1 Å². The fourth-order valence-corrected chi connectivity index (χ4v) is 1.87. The SMILES string of the molecule is CC(NC(CO)(CO)CO)C(=O)N1CCOCC1. The van der Waals surface area contributed by atoms with Crippen LogP contribution in [0.1, 0.15) is 6.92 Å². The second-order valence-corrected chi connectivity index (χ2v) is 4.56. The van der Waals surface area contributed by atoms with Crippen molar-refractivity contribution in [3.63, 3.8) is 0 Å². The minimum absolute atomic E-state index is 0.127. The number of hydrogen-bond donors (Lipinski definition) is 4. The zero-order valence-corrected chi connectivity index (χ0v) is 10.6. The van der Waals surface area contributed by atoms with Crippen molar-refractivity contribution in [1.82, 2.24) is 10.2 Å². The predicted molar refractivity (Wildman–Crippen MR) is 64.0 cm³/mol. The Labute approximate surface area is 106 Å². The van der Waals surface area contributed by atoms with Gasteiger partial charge in [0.1, 0.15) is 0 Å². The largest absolute Gasteiger partial charge is 0.394 e. The number of amides is 1. The molecule has 0 spiro atoms. The lowest BCUT2D eigenvalue weighted by atomic mass is 10.0.